The van der Waals surface area contributed by atoms with Gasteiger partial charge in [0, 0.05) is 0 Å². The smallest absolute Gasteiger partial charge is 0.232 e. The second kappa shape index (κ2) is 7.98. The Balaban J connectivity index is 1.90. The molecule has 23 heavy (non-hydrogen) atoms. The Bertz CT molecular complexity index is 493. The molecule has 0 saturated heterocycles. The Morgan fingerprint density at radius 3 is 2.17 bits per heavy atom. The summed E-state index contributed by atoms with van der Waals surface area (Å²) >= 11 is 0. The van der Waals surface area contributed by atoms with Crippen molar-refractivity contribution in [3.63, 3.8) is 0 Å². The van der Waals surface area contributed by atoms with Crippen LogP contribution in [0.1, 0.15) is 68.7 Å². The van der Waals surface area contributed by atoms with Crippen LogP contribution in [0.4, 0.5) is 17.6 Å². The van der Waals surface area contributed by atoms with Gasteiger partial charge in [0.15, 0.2) is 0 Å². The van der Waals surface area contributed by atoms with Crippen LogP contribution in [-0.4, -0.2) is 6.18 Å². The van der Waals surface area contributed by atoms with Crippen molar-refractivity contribution in [2.24, 2.45) is 5.92 Å². The molecule has 1 unspecified atom stereocenters. The standard InChI is InChI=1S/C19H24F4/c1-2-3-4-5-14-6-8-15(9-7-14)16-10-12-17(13-11-16)18(20)19(21,22)23/h3-4,10-15,18H,2,5-9H2,1H3. The molecule has 128 valence electrons. The minimum absolute atomic E-state index is 0.306. The summed E-state index contributed by atoms with van der Waals surface area (Å²) in [7, 11) is 0. The van der Waals surface area contributed by atoms with Crippen molar-refractivity contribution < 1.29 is 17.6 Å². The van der Waals surface area contributed by atoms with Gasteiger partial charge < -0.3 is 0 Å². The van der Waals surface area contributed by atoms with Gasteiger partial charge in [-0.25, -0.2) is 4.39 Å². The van der Waals surface area contributed by atoms with Gasteiger partial charge in [-0.15, -0.1) is 0 Å². The van der Waals surface area contributed by atoms with Crippen LogP contribution in [0, 0.1) is 5.92 Å². The molecule has 0 aliphatic heterocycles. The molecule has 0 spiro atoms. The monoisotopic (exact) mass is 328 g/mol. The average molecular weight is 328 g/mol. The first-order valence-electron chi connectivity index (χ1n) is 8.37. The Kier molecular flexibility index (Phi) is 6.25. The van der Waals surface area contributed by atoms with Gasteiger partial charge in [0.25, 0.3) is 0 Å². The van der Waals surface area contributed by atoms with Crippen molar-refractivity contribution in [1.29, 1.82) is 0 Å². The summed E-state index contributed by atoms with van der Waals surface area (Å²) in [5.74, 6) is 1.10. The molecule has 1 aliphatic carbocycles. The molecule has 0 bridgehead atoms. The van der Waals surface area contributed by atoms with Gasteiger partial charge in [0.05, 0.1) is 0 Å². The molecule has 0 amide bonds. The van der Waals surface area contributed by atoms with E-state index in [9.17, 15) is 17.6 Å². The first-order valence-corrected chi connectivity index (χ1v) is 8.37. The molecule has 2 rings (SSSR count). The Labute approximate surface area is 135 Å². The van der Waals surface area contributed by atoms with E-state index in [4.69, 9.17) is 0 Å². The van der Waals surface area contributed by atoms with E-state index in [1.165, 1.54) is 12.1 Å². The highest BCUT2D eigenvalue weighted by Gasteiger charge is 2.41. The number of rotatable bonds is 5. The molecule has 0 aromatic heterocycles. The molecule has 0 N–H and O–H groups in total. The van der Waals surface area contributed by atoms with Gasteiger partial charge in [-0.05, 0) is 61.5 Å². The lowest BCUT2D eigenvalue weighted by Crippen LogP contribution is -2.17. The number of benzene rings is 1. The van der Waals surface area contributed by atoms with Crippen molar-refractivity contribution in [2.75, 3.05) is 0 Å². The van der Waals surface area contributed by atoms with Gasteiger partial charge in [-0.1, -0.05) is 43.3 Å². The van der Waals surface area contributed by atoms with Crippen LogP contribution >= 0.6 is 0 Å². The van der Waals surface area contributed by atoms with E-state index < -0.39 is 12.3 Å². The van der Waals surface area contributed by atoms with Gasteiger partial charge in [0.2, 0.25) is 6.17 Å². The lowest BCUT2D eigenvalue weighted by atomic mass is 9.77. The first-order chi connectivity index (χ1) is 10.9. The SMILES string of the molecule is CCC=CCC1CCC(c2ccc(C(F)C(F)(F)F)cc2)CC1. The number of allylic oxidation sites excluding steroid dienone is 2. The molecular formula is C19H24F4. The molecule has 0 radical (unpaired) electrons. The minimum Gasteiger partial charge on any atom is -0.232 e. The molecule has 1 atom stereocenters. The third kappa shape index (κ3) is 5.08. The molecule has 4 heteroatoms. The first kappa shape index (κ1) is 18.0. The fraction of sp³-hybridized carbons (Fsp3) is 0.579. The average Bonchev–Trinajstić information content (AvgIpc) is 2.54. The van der Waals surface area contributed by atoms with Gasteiger partial charge in [-0.3, -0.25) is 0 Å². The third-order valence-corrected chi connectivity index (χ3v) is 4.71. The summed E-state index contributed by atoms with van der Waals surface area (Å²) in [5.41, 5.74) is 0.727. The highest BCUT2D eigenvalue weighted by molar-refractivity contribution is 5.27. The predicted octanol–water partition coefficient (Wildman–Crippen LogP) is 6.89. The highest BCUT2D eigenvalue weighted by Crippen LogP contribution is 2.39. The van der Waals surface area contributed by atoms with Crippen LogP contribution in [0.5, 0.6) is 0 Å². The molecule has 0 nitrogen and oxygen atoms in total. The van der Waals surface area contributed by atoms with E-state index in [0.717, 1.165) is 44.1 Å². The van der Waals surface area contributed by atoms with Crippen molar-refractivity contribution in [2.45, 2.75) is 63.7 Å². The molecule has 1 aliphatic rings. The van der Waals surface area contributed by atoms with E-state index in [1.54, 1.807) is 12.1 Å². The second-order valence-electron chi connectivity index (χ2n) is 6.40. The van der Waals surface area contributed by atoms with Crippen molar-refractivity contribution in [1.82, 2.24) is 0 Å². The summed E-state index contributed by atoms with van der Waals surface area (Å²) in [6, 6.07) is 5.89. The number of halogens is 4. The summed E-state index contributed by atoms with van der Waals surface area (Å²) in [6.45, 7) is 2.12. The zero-order valence-electron chi connectivity index (χ0n) is 13.5. The zero-order valence-corrected chi connectivity index (χ0v) is 13.5. The van der Waals surface area contributed by atoms with Crippen LogP contribution in [0.3, 0.4) is 0 Å². The van der Waals surface area contributed by atoms with Crippen molar-refractivity contribution >= 4 is 0 Å². The molecule has 1 aromatic rings. The van der Waals surface area contributed by atoms with E-state index in [1.807, 2.05) is 0 Å². The molecular weight excluding hydrogens is 304 g/mol. The van der Waals surface area contributed by atoms with Gasteiger partial charge in [-0.2, -0.15) is 13.2 Å². The van der Waals surface area contributed by atoms with Crippen LogP contribution in [-0.2, 0) is 0 Å². The van der Waals surface area contributed by atoms with E-state index in [2.05, 4.69) is 19.1 Å². The van der Waals surface area contributed by atoms with Crippen LogP contribution < -0.4 is 0 Å². The maximum atomic E-state index is 13.3. The van der Waals surface area contributed by atoms with E-state index in [-0.39, 0.29) is 5.56 Å². The Morgan fingerprint density at radius 1 is 1.04 bits per heavy atom. The predicted molar refractivity (Wildman–Crippen MR) is 85.1 cm³/mol. The Morgan fingerprint density at radius 2 is 1.65 bits per heavy atom. The Hall–Kier alpha value is -1.32. The van der Waals surface area contributed by atoms with Crippen LogP contribution in [0.15, 0.2) is 36.4 Å². The maximum Gasteiger partial charge on any atom is 0.423 e. The minimum atomic E-state index is -4.83. The fourth-order valence-electron chi connectivity index (χ4n) is 3.31. The van der Waals surface area contributed by atoms with E-state index >= 15 is 0 Å². The number of hydrogen-bond acceptors (Lipinski definition) is 0. The number of alkyl halides is 4. The van der Waals surface area contributed by atoms with Gasteiger partial charge >= 0.3 is 6.18 Å². The van der Waals surface area contributed by atoms with E-state index in [0.29, 0.717) is 11.8 Å². The molecule has 1 fully saturated rings. The maximum absolute atomic E-state index is 13.3. The summed E-state index contributed by atoms with van der Waals surface area (Å²) in [4.78, 5) is 0. The second-order valence-corrected chi connectivity index (χ2v) is 6.40. The zero-order chi connectivity index (χ0) is 16.9. The fourth-order valence-corrected chi connectivity index (χ4v) is 3.31. The lowest BCUT2D eigenvalue weighted by Gasteiger charge is -2.28. The lowest BCUT2D eigenvalue weighted by molar-refractivity contribution is -0.182. The van der Waals surface area contributed by atoms with Crippen molar-refractivity contribution in [3.05, 3.63) is 47.5 Å². The normalized spacial score (nSPS) is 24.0. The molecule has 1 aromatic carbocycles. The molecule has 1 saturated carbocycles. The van der Waals surface area contributed by atoms with Crippen molar-refractivity contribution in [3.8, 4) is 0 Å². The molecule has 0 heterocycles. The topological polar surface area (TPSA) is 0 Å². The highest BCUT2D eigenvalue weighted by atomic mass is 19.4. The van der Waals surface area contributed by atoms with Crippen LogP contribution in [0.2, 0.25) is 0 Å². The van der Waals surface area contributed by atoms with Gasteiger partial charge in [0.1, 0.15) is 0 Å². The number of hydrogen-bond donors (Lipinski definition) is 0. The quantitative estimate of drug-likeness (QED) is 0.408. The summed E-state index contributed by atoms with van der Waals surface area (Å²) < 4.78 is 50.4. The van der Waals surface area contributed by atoms with Crippen LogP contribution in [0.25, 0.3) is 0 Å². The summed E-state index contributed by atoms with van der Waals surface area (Å²) in [6.07, 6.45) is 3.32. The largest absolute Gasteiger partial charge is 0.423 e. The summed E-state index contributed by atoms with van der Waals surface area (Å²) in [5, 5.41) is 0. The third-order valence-electron chi connectivity index (χ3n) is 4.71.